The van der Waals surface area contributed by atoms with Crippen LogP contribution in [-0.2, 0) is 57.6 Å². The first-order valence-corrected chi connectivity index (χ1v) is 18.3. The van der Waals surface area contributed by atoms with Crippen LogP contribution in [0.3, 0.4) is 0 Å². The molecule has 2 amide bonds. The molecule has 0 radical (unpaired) electrons. The number of hydrogen-bond donors (Lipinski definition) is 2. The van der Waals surface area contributed by atoms with Crippen molar-refractivity contribution in [1.82, 2.24) is 29.7 Å². The van der Waals surface area contributed by atoms with Crippen LogP contribution in [-0.4, -0.2) is 91.9 Å². The molecule has 15 heteroatoms. The van der Waals surface area contributed by atoms with Gasteiger partial charge in [-0.2, -0.15) is 0 Å². The highest BCUT2D eigenvalue weighted by Crippen LogP contribution is 2.43. The molecule has 6 aromatic rings. The number of H-pyrrole nitrogens is 2. The van der Waals surface area contributed by atoms with Crippen LogP contribution < -0.4 is 0 Å². The summed E-state index contributed by atoms with van der Waals surface area (Å²) in [6.45, 7) is -1.00. The fraction of sp³-hybridized carbons (Fsp3) is 0.262. The predicted octanol–water partition coefficient (Wildman–Crippen LogP) is 4.57. The number of carbonyl (C=O) groups excluding carboxylic acids is 5. The van der Waals surface area contributed by atoms with Gasteiger partial charge in [-0.05, 0) is 46.5 Å². The summed E-state index contributed by atoms with van der Waals surface area (Å²) >= 11 is 0. The van der Waals surface area contributed by atoms with Gasteiger partial charge in [-0.3, -0.25) is 14.4 Å². The van der Waals surface area contributed by atoms with Crippen LogP contribution in [0.15, 0.2) is 91.4 Å². The first-order valence-electron chi connectivity index (χ1n) is 18.3. The summed E-state index contributed by atoms with van der Waals surface area (Å²) < 4.78 is 30.5. The Labute approximate surface area is 324 Å². The lowest BCUT2D eigenvalue weighted by Gasteiger charge is -2.41. The molecule has 0 saturated heterocycles. The Morgan fingerprint density at radius 2 is 1.40 bits per heavy atom. The molecular weight excluding hydrogens is 735 g/mol. The molecule has 4 atom stereocenters. The molecule has 5 heterocycles. The van der Waals surface area contributed by atoms with Crippen molar-refractivity contribution in [3.8, 4) is 0 Å². The molecule has 0 bridgehead atoms. The number of esters is 3. The highest BCUT2D eigenvalue weighted by atomic mass is 19.1. The van der Waals surface area contributed by atoms with Gasteiger partial charge in [-0.15, -0.1) is 0 Å². The summed E-state index contributed by atoms with van der Waals surface area (Å²) in [7, 11) is 1.25. The smallest absolute Gasteiger partial charge is 0.329 e. The van der Waals surface area contributed by atoms with Gasteiger partial charge in [0.1, 0.15) is 31.1 Å². The highest BCUT2D eigenvalue weighted by molar-refractivity contribution is 5.93. The topological polar surface area (TPSA) is 177 Å². The van der Waals surface area contributed by atoms with Crippen LogP contribution >= 0.6 is 0 Å². The SMILES string of the molecule is COC(=O)C1Cc2c([nH]c3ccccc23)C(c2cccc(COC(=O)C3Cc4c([nH]c5ccccc45)C(c4ccncn4)N3C(=O)CF)c2)N1C(=O)COC(C)=O. The average molecular weight is 773 g/mol. The molecule has 0 spiro atoms. The van der Waals surface area contributed by atoms with E-state index in [2.05, 4.69) is 19.9 Å². The first-order chi connectivity index (χ1) is 27.7. The van der Waals surface area contributed by atoms with Gasteiger partial charge in [0.05, 0.1) is 18.8 Å². The second-order valence-corrected chi connectivity index (χ2v) is 13.9. The van der Waals surface area contributed by atoms with Gasteiger partial charge in [0, 0.05) is 59.2 Å². The number of fused-ring (bicyclic) bond motifs is 6. The summed E-state index contributed by atoms with van der Waals surface area (Å²) in [5.41, 5.74) is 5.97. The summed E-state index contributed by atoms with van der Waals surface area (Å²) in [5, 5.41) is 1.73. The van der Waals surface area contributed by atoms with Crippen LogP contribution in [0.1, 0.15) is 58.3 Å². The zero-order chi connectivity index (χ0) is 39.8. The van der Waals surface area contributed by atoms with Crippen molar-refractivity contribution in [3.63, 3.8) is 0 Å². The number of nitrogens with zero attached hydrogens (tertiary/aromatic N) is 4. The number of aromatic amines is 2. The lowest BCUT2D eigenvalue weighted by Crippen LogP contribution is -2.53. The Kier molecular flexibility index (Phi) is 9.96. The Morgan fingerprint density at radius 1 is 0.772 bits per heavy atom. The Balaban J connectivity index is 1.14. The molecule has 14 nitrogen and oxygen atoms in total. The van der Waals surface area contributed by atoms with Crippen molar-refractivity contribution in [1.29, 1.82) is 0 Å². The number of carbonyl (C=O) groups is 5. The van der Waals surface area contributed by atoms with E-state index >= 15 is 0 Å². The molecule has 2 aliphatic rings. The largest absolute Gasteiger partial charge is 0.467 e. The lowest BCUT2D eigenvalue weighted by molar-refractivity contribution is -0.160. The zero-order valence-corrected chi connectivity index (χ0v) is 30.9. The minimum absolute atomic E-state index is 0.0606. The Morgan fingerprint density at radius 3 is 2.02 bits per heavy atom. The summed E-state index contributed by atoms with van der Waals surface area (Å²) in [5.74, 6) is -3.57. The normalized spacial score (nSPS) is 18.8. The fourth-order valence-electron chi connectivity index (χ4n) is 8.23. The highest BCUT2D eigenvalue weighted by Gasteiger charge is 2.46. The molecule has 0 aliphatic carbocycles. The van der Waals surface area contributed by atoms with Crippen LogP contribution in [0.5, 0.6) is 0 Å². The van der Waals surface area contributed by atoms with Gasteiger partial charge in [0.2, 0.25) is 0 Å². The quantitative estimate of drug-likeness (QED) is 0.156. The molecule has 2 N–H and O–H groups in total. The first kappa shape index (κ1) is 37.0. The molecular formula is C42H37FN6O8. The maximum absolute atomic E-state index is 14.3. The minimum Gasteiger partial charge on any atom is -0.467 e. The van der Waals surface area contributed by atoms with Gasteiger partial charge in [0.15, 0.2) is 13.3 Å². The van der Waals surface area contributed by atoms with Gasteiger partial charge < -0.3 is 34.0 Å². The van der Waals surface area contributed by atoms with E-state index in [4.69, 9.17) is 14.2 Å². The summed E-state index contributed by atoms with van der Waals surface area (Å²) in [4.78, 5) is 84.3. The number of alkyl halides is 1. The molecule has 2 aliphatic heterocycles. The van der Waals surface area contributed by atoms with E-state index in [0.29, 0.717) is 28.2 Å². The van der Waals surface area contributed by atoms with Crippen molar-refractivity contribution in [2.24, 2.45) is 0 Å². The molecule has 4 unspecified atom stereocenters. The van der Waals surface area contributed by atoms with E-state index in [0.717, 1.165) is 32.9 Å². The minimum atomic E-state index is -1.35. The van der Waals surface area contributed by atoms with Crippen molar-refractivity contribution in [3.05, 3.63) is 131 Å². The van der Waals surface area contributed by atoms with Crippen LogP contribution in [0.4, 0.5) is 4.39 Å². The Hall–Kier alpha value is -6.90. The number of halogens is 1. The van der Waals surface area contributed by atoms with Crippen molar-refractivity contribution >= 4 is 51.5 Å². The van der Waals surface area contributed by atoms with Crippen LogP contribution in [0.2, 0.25) is 0 Å². The predicted molar refractivity (Wildman–Crippen MR) is 202 cm³/mol. The average Bonchev–Trinajstić information content (AvgIpc) is 3.81. The molecule has 57 heavy (non-hydrogen) atoms. The number of hydrogen-bond acceptors (Lipinski definition) is 10. The number of nitrogens with one attached hydrogen (secondary N) is 2. The van der Waals surface area contributed by atoms with Crippen molar-refractivity contribution in [2.75, 3.05) is 20.4 Å². The number of para-hydroxylation sites is 2. The molecule has 290 valence electrons. The van der Waals surface area contributed by atoms with Crippen molar-refractivity contribution in [2.45, 2.75) is 50.5 Å². The monoisotopic (exact) mass is 772 g/mol. The molecule has 0 saturated carbocycles. The Bertz CT molecular complexity index is 2540. The third-order valence-electron chi connectivity index (χ3n) is 10.6. The standard InChI is InChI=1S/C42H37FN6O8/c1-23(50)56-21-36(52)49-33(41(53)55-2)17-28-26-10-3-5-12-30(26)46-37(28)39(49)25-9-7-8-24(16-25)20-57-42(54)34-18-29-27-11-4-6-13-31(27)47-38(29)40(48(34)35(51)19-43)32-14-15-44-22-45-32/h3-16,22,33-34,39-40,46-47H,17-21H2,1-2H3. The second kappa shape index (κ2) is 15.3. The number of methoxy groups -OCH3 is 1. The number of ether oxygens (including phenoxy) is 3. The molecule has 3 aromatic carbocycles. The molecule has 3 aromatic heterocycles. The van der Waals surface area contributed by atoms with Gasteiger partial charge in [-0.1, -0.05) is 54.6 Å². The third-order valence-corrected chi connectivity index (χ3v) is 10.6. The van der Waals surface area contributed by atoms with E-state index in [-0.39, 0.29) is 19.4 Å². The maximum atomic E-state index is 14.3. The van der Waals surface area contributed by atoms with E-state index in [9.17, 15) is 28.4 Å². The number of aromatic nitrogens is 4. The summed E-state index contributed by atoms with van der Waals surface area (Å²) in [6, 6.07) is 19.7. The van der Waals surface area contributed by atoms with Crippen molar-refractivity contribution < 1.29 is 42.6 Å². The second-order valence-electron chi connectivity index (χ2n) is 13.9. The summed E-state index contributed by atoms with van der Waals surface area (Å²) in [6.07, 6.45) is 3.05. The van der Waals surface area contributed by atoms with E-state index in [1.807, 2.05) is 48.5 Å². The number of rotatable bonds is 9. The lowest BCUT2D eigenvalue weighted by atomic mass is 9.87. The van der Waals surface area contributed by atoms with Gasteiger partial charge in [-0.25, -0.2) is 23.9 Å². The number of benzene rings is 3. The van der Waals surface area contributed by atoms with E-state index < -0.39 is 67.2 Å². The number of amides is 2. The van der Waals surface area contributed by atoms with E-state index in [1.54, 1.807) is 30.3 Å². The fourth-order valence-corrected chi connectivity index (χ4v) is 8.23. The maximum Gasteiger partial charge on any atom is 0.329 e. The third kappa shape index (κ3) is 6.74. The van der Waals surface area contributed by atoms with E-state index in [1.165, 1.54) is 36.4 Å². The van der Waals surface area contributed by atoms with Gasteiger partial charge >= 0.3 is 17.9 Å². The van der Waals surface area contributed by atoms with Crippen LogP contribution in [0, 0.1) is 0 Å². The van der Waals surface area contributed by atoms with Gasteiger partial charge in [0.25, 0.3) is 11.8 Å². The molecule has 8 rings (SSSR count). The molecule has 0 fully saturated rings. The van der Waals surface area contributed by atoms with Crippen LogP contribution in [0.25, 0.3) is 21.8 Å². The zero-order valence-electron chi connectivity index (χ0n) is 30.9.